The zero-order valence-corrected chi connectivity index (χ0v) is 12.3. The van der Waals surface area contributed by atoms with Gasteiger partial charge in [-0.3, -0.25) is 0 Å². The lowest BCUT2D eigenvalue weighted by molar-refractivity contribution is 0.590. The number of fused-ring (bicyclic) bond motifs is 1. The van der Waals surface area contributed by atoms with E-state index in [0.717, 1.165) is 11.6 Å². The summed E-state index contributed by atoms with van der Waals surface area (Å²) in [6.07, 6.45) is 0. The zero-order chi connectivity index (χ0) is 15.0. The van der Waals surface area contributed by atoms with Crippen molar-refractivity contribution >= 4 is 34.2 Å². The predicted octanol–water partition coefficient (Wildman–Crippen LogP) is 4.76. The van der Waals surface area contributed by atoms with Gasteiger partial charge in [-0.1, -0.05) is 23.7 Å². The van der Waals surface area contributed by atoms with Crippen molar-refractivity contribution in [2.45, 2.75) is 12.4 Å². The summed E-state index contributed by atoms with van der Waals surface area (Å²) in [7, 11) is 0. The van der Waals surface area contributed by atoms with E-state index in [1.54, 1.807) is 16.7 Å². The number of hydrogen-bond donors (Lipinski definition) is 0. The quantitative estimate of drug-likeness (QED) is 0.635. The highest BCUT2D eigenvalue weighted by molar-refractivity contribution is 6.30. The van der Waals surface area contributed by atoms with Gasteiger partial charge in [-0.25, -0.2) is 13.8 Å². The highest BCUT2D eigenvalue weighted by atomic mass is 35.5. The van der Waals surface area contributed by atoms with E-state index in [0.29, 0.717) is 22.9 Å². The van der Waals surface area contributed by atoms with Crippen LogP contribution in [0.3, 0.4) is 0 Å². The summed E-state index contributed by atoms with van der Waals surface area (Å²) in [5, 5.41) is 0.599. The maximum atomic E-state index is 13.8. The molecular formula is C15H10Cl2F2N2. The molecule has 6 heteroatoms. The molecule has 0 spiro atoms. The van der Waals surface area contributed by atoms with E-state index >= 15 is 0 Å². The van der Waals surface area contributed by atoms with Crippen LogP contribution in [0.2, 0.25) is 5.02 Å². The first kappa shape index (κ1) is 14.3. The Morgan fingerprint density at radius 1 is 1.14 bits per heavy atom. The number of alkyl halides is 1. The van der Waals surface area contributed by atoms with E-state index in [-0.39, 0.29) is 11.4 Å². The summed E-state index contributed by atoms with van der Waals surface area (Å²) in [5.74, 6) is -0.748. The average molecular weight is 327 g/mol. The van der Waals surface area contributed by atoms with E-state index in [4.69, 9.17) is 23.2 Å². The van der Waals surface area contributed by atoms with Crippen molar-refractivity contribution in [1.82, 2.24) is 9.55 Å². The maximum Gasteiger partial charge on any atom is 0.153 e. The van der Waals surface area contributed by atoms with Gasteiger partial charge in [-0.2, -0.15) is 0 Å². The van der Waals surface area contributed by atoms with Gasteiger partial charge in [-0.15, -0.1) is 11.6 Å². The molecule has 0 aliphatic heterocycles. The molecule has 1 heterocycles. The highest BCUT2D eigenvalue weighted by Gasteiger charge is 2.15. The number of rotatable bonds is 3. The van der Waals surface area contributed by atoms with Crippen LogP contribution in [0.15, 0.2) is 36.4 Å². The van der Waals surface area contributed by atoms with Crippen molar-refractivity contribution in [3.63, 3.8) is 0 Å². The molecule has 0 N–H and O–H groups in total. The average Bonchev–Trinajstić information content (AvgIpc) is 2.77. The summed E-state index contributed by atoms with van der Waals surface area (Å²) >= 11 is 11.8. The van der Waals surface area contributed by atoms with Crippen molar-refractivity contribution in [2.75, 3.05) is 0 Å². The lowest BCUT2D eigenvalue weighted by Gasteiger charge is -2.08. The largest absolute Gasteiger partial charge is 0.322 e. The first-order valence-corrected chi connectivity index (χ1v) is 7.14. The molecule has 0 amide bonds. The second kappa shape index (κ2) is 5.62. The van der Waals surface area contributed by atoms with Crippen LogP contribution in [0.25, 0.3) is 11.0 Å². The SMILES string of the molecule is Fc1cc(F)c2nc(CCl)n(Cc3cccc(Cl)c3)c2c1. The van der Waals surface area contributed by atoms with E-state index in [1.165, 1.54) is 6.07 Å². The van der Waals surface area contributed by atoms with Crippen LogP contribution in [0, 0.1) is 11.6 Å². The number of aromatic nitrogens is 2. The van der Waals surface area contributed by atoms with E-state index in [2.05, 4.69) is 4.98 Å². The summed E-state index contributed by atoms with van der Waals surface area (Å²) in [4.78, 5) is 4.15. The number of halogens is 4. The van der Waals surface area contributed by atoms with Crippen molar-refractivity contribution in [3.05, 3.63) is 64.4 Å². The molecule has 0 fully saturated rings. The van der Waals surface area contributed by atoms with Gasteiger partial charge in [-0.05, 0) is 23.8 Å². The van der Waals surface area contributed by atoms with Gasteiger partial charge < -0.3 is 4.57 Å². The van der Waals surface area contributed by atoms with Gasteiger partial charge >= 0.3 is 0 Å². The molecular weight excluding hydrogens is 317 g/mol. The first-order chi connectivity index (χ1) is 10.1. The molecule has 0 radical (unpaired) electrons. The summed E-state index contributed by atoms with van der Waals surface area (Å²) < 4.78 is 29.0. The van der Waals surface area contributed by atoms with E-state index < -0.39 is 11.6 Å². The summed E-state index contributed by atoms with van der Waals surface area (Å²) in [6.45, 7) is 0.391. The monoisotopic (exact) mass is 326 g/mol. The van der Waals surface area contributed by atoms with Crippen molar-refractivity contribution in [3.8, 4) is 0 Å². The third-order valence-corrected chi connectivity index (χ3v) is 3.67. The van der Waals surface area contributed by atoms with Gasteiger partial charge in [0.15, 0.2) is 5.82 Å². The molecule has 0 saturated heterocycles. The fourth-order valence-electron chi connectivity index (χ4n) is 2.29. The topological polar surface area (TPSA) is 17.8 Å². The standard InChI is InChI=1S/C15H10Cl2F2N2/c16-7-14-20-15-12(19)5-11(18)6-13(15)21(14)8-9-2-1-3-10(17)4-9/h1-6H,7-8H2. The molecule has 0 bridgehead atoms. The molecule has 0 atom stereocenters. The van der Waals surface area contributed by atoms with Crippen LogP contribution in [-0.2, 0) is 12.4 Å². The number of hydrogen-bond acceptors (Lipinski definition) is 1. The van der Waals surface area contributed by atoms with Gasteiger partial charge in [0, 0.05) is 17.6 Å². The molecule has 1 aromatic heterocycles. The Morgan fingerprint density at radius 3 is 2.67 bits per heavy atom. The van der Waals surface area contributed by atoms with Crippen LogP contribution in [-0.4, -0.2) is 9.55 Å². The molecule has 2 aromatic carbocycles. The minimum absolute atomic E-state index is 0.107. The van der Waals surface area contributed by atoms with Crippen LogP contribution >= 0.6 is 23.2 Å². The second-order valence-corrected chi connectivity index (χ2v) is 5.34. The second-order valence-electron chi connectivity index (χ2n) is 4.63. The fraction of sp³-hybridized carbons (Fsp3) is 0.133. The molecule has 0 saturated carbocycles. The van der Waals surface area contributed by atoms with Crippen LogP contribution in [0.4, 0.5) is 8.78 Å². The Morgan fingerprint density at radius 2 is 1.95 bits per heavy atom. The molecule has 108 valence electrons. The minimum atomic E-state index is -0.693. The number of imidazole rings is 1. The molecule has 2 nitrogen and oxygen atoms in total. The molecule has 3 aromatic rings. The Kier molecular flexibility index (Phi) is 3.83. The molecule has 21 heavy (non-hydrogen) atoms. The van der Waals surface area contributed by atoms with Crippen molar-refractivity contribution < 1.29 is 8.78 Å². The molecule has 0 aliphatic rings. The van der Waals surface area contributed by atoms with E-state index in [9.17, 15) is 8.78 Å². The number of benzene rings is 2. The Labute approximate surface area is 129 Å². The molecule has 0 aliphatic carbocycles. The van der Waals surface area contributed by atoms with Gasteiger partial charge in [0.2, 0.25) is 0 Å². The Balaban J connectivity index is 2.16. The summed E-state index contributed by atoms with van der Waals surface area (Å²) in [6, 6.07) is 9.33. The minimum Gasteiger partial charge on any atom is -0.322 e. The lowest BCUT2D eigenvalue weighted by Crippen LogP contribution is -2.04. The smallest absolute Gasteiger partial charge is 0.153 e. The Hall–Kier alpha value is -1.65. The molecule has 0 unspecified atom stereocenters. The third-order valence-electron chi connectivity index (χ3n) is 3.20. The highest BCUT2D eigenvalue weighted by Crippen LogP contribution is 2.23. The van der Waals surface area contributed by atoms with Crippen LogP contribution in [0.5, 0.6) is 0 Å². The first-order valence-electron chi connectivity index (χ1n) is 6.23. The maximum absolute atomic E-state index is 13.8. The van der Waals surface area contributed by atoms with Crippen LogP contribution < -0.4 is 0 Å². The lowest BCUT2D eigenvalue weighted by atomic mass is 10.2. The van der Waals surface area contributed by atoms with Gasteiger partial charge in [0.25, 0.3) is 0 Å². The zero-order valence-electron chi connectivity index (χ0n) is 10.8. The third kappa shape index (κ3) is 2.74. The van der Waals surface area contributed by atoms with Gasteiger partial charge in [0.1, 0.15) is 17.2 Å². The van der Waals surface area contributed by atoms with Crippen molar-refractivity contribution in [1.29, 1.82) is 0 Å². The Bertz CT molecular complexity index is 815. The number of nitrogens with zero attached hydrogens (tertiary/aromatic N) is 2. The van der Waals surface area contributed by atoms with E-state index in [1.807, 2.05) is 12.1 Å². The van der Waals surface area contributed by atoms with Crippen molar-refractivity contribution in [2.24, 2.45) is 0 Å². The predicted molar refractivity (Wildman–Crippen MR) is 79.8 cm³/mol. The molecule has 3 rings (SSSR count). The normalized spacial score (nSPS) is 11.2. The van der Waals surface area contributed by atoms with Gasteiger partial charge in [0.05, 0.1) is 11.4 Å². The fourth-order valence-corrected chi connectivity index (χ4v) is 2.71. The van der Waals surface area contributed by atoms with Crippen LogP contribution in [0.1, 0.15) is 11.4 Å². The summed E-state index contributed by atoms with van der Waals surface area (Å²) in [5.41, 5.74) is 1.40.